The first-order valence-electron chi connectivity index (χ1n) is 13.6. The van der Waals surface area contributed by atoms with E-state index in [0.717, 1.165) is 52.8 Å². The topological polar surface area (TPSA) is 84.2 Å². The fourth-order valence-electron chi connectivity index (χ4n) is 5.10. The van der Waals surface area contributed by atoms with E-state index in [4.69, 9.17) is 16.6 Å². The Bertz CT molecular complexity index is 1530. The van der Waals surface area contributed by atoms with Crippen LogP contribution in [0.2, 0.25) is 5.02 Å². The van der Waals surface area contributed by atoms with E-state index in [9.17, 15) is 14.7 Å². The number of carboxylic acid groups (broad SMARTS) is 1. The number of carbonyl (C=O) groups excluding carboxylic acids is 1. The lowest BCUT2D eigenvalue weighted by atomic mass is 9.98. The zero-order chi connectivity index (χ0) is 29.0. The third-order valence-corrected chi connectivity index (χ3v) is 7.66. The van der Waals surface area contributed by atoms with Crippen LogP contribution >= 0.6 is 24.2 Å². The van der Waals surface area contributed by atoms with Crippen molar-refractivity contribution in [2.45, 2.75) is 59.5 Å². The highest BCUT2D eigenvalue weighted by atomic mass is 35.5. The van der Waals surface area contributed by atoms with Crippen molar-refractivity contribution in [3.05, 3.63) is 87.7 Å². The molecule has 3 aromatic carbocycles. The summed E-state index contributed by atoms with van der Waals surface area (Å²) >= 11 is 10.5. The van der Waals surface area contributed by atoms with E-state index in [2.05, 4.69) is 43.3 Å². The molecule has 6 nitrogen and oxygen atoms in total. The average Bonchev–Trinajstić information content (AvgIpc) is 3.26. The maximum Gasteiger partial charge on any atom is 0.336 e. The SMILES string of the molecule is CCCc1nc2c(C)cc(C(=O)N[C@@H](CS)CC(C)C)cc2n1Cc1ccc(-c2ccc(Cl)cc2C(=O)O)cc1. The lowest BCUT2D eigenvalue weighted by molar-refractivity contribution is 0.0697. The predicted molar refractivity (Wildman–Crippen MR) is 166 cm³/mol. The molecule has 0 aliphatic carbocycles. The van der Waals surface area contributed by atoms with Crippen molar-refractivity contribution in [3.63, 3.8) is 0 Å². The molecule has 1 atom stereocenters. The Kier molecular flexibility index (Phi) is 9.59. The number of amides is 1. The predicted octanol–water partition coefficient (Wildman–Crippen LogP) is 7.44. The highest BCUT2D eigenvalue weighted by Crippen LogP contribution is 2.29. The van der Waals surface area contributed by atoms with Crippen molar-refractivity contribution in [1.29, 1.82) is 0 Å². The van der Waals surface area contributed by atoms with Crippen LogP contribution in [0.4, 0.5) is 0 Å². The highest BCUT2D eigenvalue weighted by molar-refractivity contribution is 7.80. The van der Waals surface area contributed by atoms with Crippen LogP contribution in [0.25, 0.3) is 22.2 Å². The van der Waals surface area contributed by atoms with Gasteiger partial charge in [-0.2, -0.15) is 12.6 Å². The van der Waals surface area contributed by atoms with Gasteiger partial charge in [-0.25, -0.2) is 9.78 Å². The molecule has 210 valence electrons. The number of thiol groups is 1. The number of aryl methyl sites for hydroxylation is 2. The first-order chi connectivity index (χ1) is 19.1. The number of halogens is 1. The first-order valence-corrected chi connectivity index (χ1v) is 14.7. The summed E-state index contributed by atoms with van der Waals surface area (Å²) in [7, 11) is 0. The standard InChI is InChI=1S/C32H36ClN3O3S/c1-5-6-29-35-30-20(4)14-23(31(37)34-25(18-40)13-19(2)3)15-28(30)36(29)17-21-7-9-22(10-8-21)26-12-11-24(33)16-27(26)32(38)39/h7-12,14-16,19,25,40H,5-6,13,17-18H2,1-4H3,(H,34,37)(H,38,39)/t25-/m1/s1. The quantitative estimate of drug-likeness (QED) is 0.162. The fourth-order valence-corrected chi connectivity index (χ4v) is 5.51. The van der Waals surface area contributed by atoms with Crippen molar-refractivity contribution in [3.8, 4) is 11.1 Å². The van der Waals surface area contributed by atoms with Crippen molar-refractivity contribution < 1.29 is 14.7 Å². The molecule has 1 amide bonds. The summed E-state index contributed by atoms with van der Waals surface area (Å²) < 4.78 is 2.19. The number of aromatic nitrogens is 2. The van der Waals surface area contributed by atoms with E-state index < -0.39 is 5.97 Å². The van der Waals surface area contributed by atoms with Crippen LogP contribution < -0.4 is 5.32 Å². The van der Waals surface area contributed by atoms with E-state index in [1.54, 1.807) is 12.1 Å². The molecule has 0 bridgehead atoms. The summed E-state index contributed by atoms with van der Waals surface area (Å²) in [6.45, 7) is 8.98. The molecule has 0 radical (unpaired) electrons. The molecule has 4 rings (SSSR count). The number of hydrogen-bond acceptors (Lipinski definition) is 4. The van der Waals surface area contributed by atoms with Crippen LogP contribution in [0.15, 0.2) is 54.6 Å². The minimum atomic E-state index is -1.02. The van der Waals surface area contributed by atoms with Crippen molar-refractivity contribution >= 4 is 47.1 Å². The van der Waals surface area contributed by atoms with Crippen LogP contribution in [0.3, 0.4) is 0 Å². The zero-order valence-corrected chi connectivity index (χ0v) is 25.0. The molecule has 0 saturated heterocycles. The van der Waals surface area contributed by atoms with Crippen molar-refractivity contribution in [1.82, 2.24) is 14.9 Å². The molecule has 1 aromatic heterocycles. The summed E-state index contributed by atoms with van der Waals surface area (Å²) in [5.41, 5.74) is 6.04. The van der Waals surface area contributed by atoms with Gasteiger partial charge in [0.2, 0.25) is 0 Å². The number of aromatic carboxylic acids is 1. The van der Waals surface area contributed by atoms with Gasteiger partial charge in [-0.05, 0) is 72.2 Å². The Balaban J connectivity index is 1.68. The number of fused-ring (bicyclic) bond motifs is 1. The van der Waals surface area contributed by atoms with Gasteiger partial charge in [0.25, 0.3) is 5.91 Å². The maximum absolute atomic E-state index is 13.2. The number of nitrogens with one attached hydrogen (secondary N) is 1. The van der Waals surface area contributed by atoms with Crippen LogP contribution in [-0.4, -0.2) is 38.3 Å². The molecule has 0 unspecified atom stereocenters. The Hall–Kier alpha value is -3.29. The molecule has 4 aromatic rings. The van der Waals surface area contributed by atoms with Gasteiger partial charge in [0, 0.05) is 35.3 Å². The Labute approximate surface area is 246 Å². The highest BCUT2D eigenvalue weighted by Gasteiger charge is 2.19. The monoisotopic (exact) mass is 577 g/mol. The van der Waals surface area contributed by atoms with Gasteiger partial charge in [-0.15, -0.1) is 0 Å². The molecule has 0 aliphatic rings. The van der Waals surface area contributed by atoms with Crippen LogP contribution in [-0.2, 0) is 13.0 Å². The number of nitrogens with zero attached hydrogens (tertiary/aromatic N) is 2. The van der Waals surface area contributed by atoms with Gasteiger partial charge < -0.3 is 15.0 Å². The van der Waals surface area contributed by atoms with Crippen LogP contribution in [0.5, 0.6) is 0 Å². The molecule has 1 heterocycles. The zero-order valence-electron chi connectivity index (χ0n) is 23.4. The Morgan fingerprint density at radius 1 is 1.10 bits per heavy atom. The number of carbonyl (C=O) groups is 2. The number of benzene rings is 3. The summed E-state index contributed by atoms with van der Waals surface area (Å²) in [6, 6.07) is 16.6. The summed E-state index contributed by atoms with van der Waals surface area (Å²) in [6.07, 6.45) is 2.63. The second kappa shape index (κ2) is 12.9. The Morgan fingerprint density at radius 3 is 2.45 bits per heavy atom. The number of carboxylic acids is 1. The minimum absolute atomic E-state index is 0.00759. The lowest BCUT2D eigenvalue weighted by Gasteiger charge is -2.19. The van der Waals surface area contributed by atoms with Gasteiger partial charge in [0.1, 0.15) is 5.82 Å². The second-order valence-electron chi connectivity index (χ2n) is 10.7. The summed E-state index contributed by atoms with van der Waals surface area (Å²) in [4.78, 5) is 30.0. The molecule has 0 fully saturated rings. The van der Waals surface area contributed by atoms with E-state index in [0.29, 0.717) is 34.4 Å². The maximum atomic E-state index is 13.2. The summed E-state index contributed by atoms with van der Waals surface area (Å²) in [5.74, 6) is 0.901. The molecule has 40 heavy (non-hydrogen) atoms. The minimum Gasteiger partial charge on any atom is -0.478 e. The smallest absolute Gasteiger partial charge is 0.336 e. The van der Waals surface area contributed by atoms with E-state index >= 15 is 0 Å². The second-order valence-corrected chi connectivity index (χ2v) is 11.5. The van der Waals surface area contributed by atoms with Crippen LogP contribution in [0, 0.1) is 12.8 Å². The number of rotatable bonds is 11. The van der Waals surface area contributed by atoms with Gasteiger partial charge in [0.15, 0.2) is 0 Å². The third-order valence-electron chi connectivity index (χ3n) is 6.99. The van der Waals surface area contributed by atoms with Gasteiger partial charge in [-0.3, -0.25) is 4.79 Å². The van der Waals surface area contributed by atoms with Crippen molar-refractivity contribution in [2.24, 2.45) is 5.92 Å². The normalized spacial score (nSPS) is 12.2. The first kappa shape index (κ1) is 29.7. The van der Waals surface area contributed by atoms with Crippen LogP contribution in [0.1, 0.15) is 71.3 Å². The average molecular weight is 578 g/mol. The largest absolute Gasteiger partial charge is 0.478 e. The summed E-state index contributed by atoms with van der Waals surface area (Å²) in [5, 5.41) is 13.2. The van der Waals surface area contributed by atoms with E-state index in [1.807, 2.05) is 43.3 Å². The van der Waals surface area contributed by atoms with Crippen molar-refractivity contribution in [2.75, 3.05) is 5.75 Å². The molecule has 0 aliphatic heterocycles. The van der Waals surface area contributed by atoms with Gasteiger partial charge in [0.05, 0.1) is 16.6 Å². The number of hydrogen-bond donors (Lipinski definition) is 3. The molecule has 8 heteroatoms. The van der Waals surface area contributed by atoms with Gasteiger partial charge in [-0.1, -0.05) is 62.7 Å². The molecular formula is C32H36ClN3O3S. The third kappa shape index (κ3) is 6.70. The van der Waals surface area contributed by atoms with E-state index in [1.165, 1.54) is 6.07 Å². The van der Waals surface area contributed by atoms with Gasteiger partial charge >= 0.3 is 5.97 Å². The van der Waals surface area contributed by atoms with E-state index in [-0.39, 0.29) is 17.5 Å². The Morgan fingerprint density at radius 2 is 1.82 bits per heavy atom. The fraction of sp³-hybridized carbons (Fsp3) is 0.344. The lowest BCUT2D eigenvalue weighted by Crippen LogP contribution is -2.37. The molecule has 2 N–H and O–H groups in total. The number of imidazole rings is 1. The molecule has 0 spiro atoms. The molecule has 0 saturated carbocycles. The molecular weight excluding hydrogens is 542 g/mol.